The highest BCUT2D eigenvalue weighted by Gasteiger charge is 2.41. The summed E-state index contributed by atoms with van der Waals surface area (Å²) in [5.41, 5.74) is 0.946. The molecule has 1 aromatic rings. The first-order valence-electron chi connectivity index (χ1n) is 7.41. The van der Waals surface area contributed by atoms with E-state index in [4.69, 9.17) is 0 Å². The van der Waals surface area contributed by atoms with Crippen LogP contribution in [0.5, 0.6) is 0 Å². The van der Waals surface area contributed by atoms with Crippen LogP contribution < -0.4 is 4.90 Å². The van der Waals surface area contributed by atoms with Gasteiger partial charge in [-0.05, 0) is 31.4 Å². The van der Waals surface area contributed by atoms with Crippen LogP contribution in [0.2, 0.25) is 0 Å². The summed E-state index contributed by atoms with van der Waals surface area (Å²) in [5.74, 6) is -0.843. The molecule has 2 aliphatic rings. The van der Waals surface area contributed by atoms with Crippen LogP contribution in [0.1, 0.15) is 29.6 Å². The molecule has 1 fully saturated rings. The van der Waals surface area contributed by atoms with Gasteiger partial charge in [0.05, 0.1) is 18.4 Å². The van der Waals surface area contributed by atoms with Crippen molar-refractivity contribution in [1.82, 2.24) is 4.90 Å². The molecule has 0 N–H and O–H groups in total. The van der Waals surface area contributed by atoms with E-state index in [2.05, 4.69) is 4.74 Å². The summed E-state index contributed by atoms with van der Waals surface area (Å²) in [6.45, 7) is 0.402. The highest BCUT2D eigenvalue weighted by atomic mass is 16.5. The quantitative estimate of drug-likeness (QED) is 0.770. The summed E-state index contributed by atoms with van der Waals surface area (Å²) in [6, 6.07) is 6.44. The van der Waals surface area contributed by atoms with Crippen molar-refractivity contribution in [3.05, 3.63) is 29.8 Å². The minimum absolute atomic E-state index is 0.138. The van der Waals surface area contributed by atoms with E-state index in [-0.39, 0.29) is 18.4 Å². The number of ether oxygens (including phenoxy) is 1. The van der Waals surface area contributed by atoms with Gasteiger partial charge in [-0.2, -0.15) is 0 Å². The van der Waals surface area contributed by atoms with Gasteiger partial charge in [-0.1, -0.05) is 12.1 Å². The number of rotatable bonds is 2. The SMILES string of the molecule is COC(=O)CN1C(=O)[C@H]2CCCCN2C(=O)c2ccccc21. The largest absolute Gasteiger partial charge is 0.468 e. The lowest BCUT2D eigenvalue weighted by molar-refractivity contribution is -0.140. The minimum atomic E-state index is -0.500. The van der Waals surface area contributed by atoms with Gasteiger partial charge in [-0.25, -0.2) is 0 Å². The van der Waals surface area contributed by atoms with Gasteiger partial charge >= 0.3 is 5.97 Å². The van der Waals surface area contributed by atoms with E-state index in [9.17, 15) is 14.4 Å². The van der Waals surface area contributed by atoms with E-state index < -0.39 is 12.0 Å². The van der Waals surface area contributed by atoms with Crippen LogP contribution in [0.15, 0.2) is 24.3 Å². The topological polar surface area (TPSA) is 66.9 Å². The Hall–Kier alpha value is -2.37. The maximum Gasteiger partial charge on any atom is 0.325 e. The van der Waals surface area contributed by atoms with Crippen molar-refractivity contribution in [2.24, 2.45) is 0 Å². The zero-order chi connectivity index (χ0) is 15.7. The van der Waals surface area contributed by atoms with Crippen LogP contribution in [0.25, 0.3) is 0 Å². The van der Waals surface area contributed by atoms with Crippen LogP contribution in [0.4, 0.5) is 5.69 Å². The van der Waals surface area contributed by atoms with E-state index in [0.29, 0.717) is 24.2 Å². The Labute approximate surface area is 128 Å². The molecule has 0 spiro atoms. The summed E-state index contributed by atoms with van der Waals surface area (Å²) >= 11 is 0. The van der Waals surface area contributed by atoms with Crippen LogP contribution in [0, 0.1) is 0 Å². The van der Waals surface area contributed by atoms with E-state index in [1.807, 2.05) is 0 Å². The first-order chi connectivity index (χ1) is 10.6. The number of amides is 2. The third-order valence-corrected chi connectivity index (χ3v) is 4.25. The van der Waals surface area contributed by atoms with Gasteiger partial charge in [0.25, 0.3) is 5.91 Å². The lowest BCUT2D eigenvalue weighted by Gasteiger charge is -2.34. The number of methoxy groups -OCH3 is 1. The molecule has 0 aliphatic carbocycles. The van der Waals surface area contributed by atoms with Crippen molar-refractivity contribution in [1.29, 1.82) is 0 Å². The van der Waals surface area contributed by atoms with Gasteiger partial charge in [-0.3, -0.25) is 19.3 Å². The molecule has 0 unspecified atom stereocenters. The molecule has 116 valence electrons. The predicted molar refractivity (Wildman–Crippen MR) is 79.5 cm³/mol. The minimum Gasteiger partial charge on any atom is -0.468 e. The molecule has 1 atom stereocenters. The van der Waals surface area contributed by atoms with E-state index in [1.165, 1.54) is 12.0 Å². The zero-order valence-corrected chi connectivity index (χ0v) is 12.4. The Balaban J connectivity index is 2.08. The molecule has 6 nitrogen and oxygen atoms in total. The van der Waals surface area contributed by atoms with Crippen molar-refractivity contribution >= 4 is 23.5 Å². The second-order valence-electron chi connectivity index (χ2n) is 5.53. The molecular formula is C16H18N2O4. The number of hydrogen-bond donors (Lipinski definition) is 0. The summed E-state index contributed by atoms with van der Waals surface area (Å²) in [6.07, 6.45) is 2.44. The summed E-state index contributed by atoms with van der Waals surface area (Å²) in [4.78, 5) is 40.3. The van der Waals surface area contributed by atoms with Crippen molar-refractivity contribution in [2.45, 2.75) is 25.3 Å². The van der Waals surface area contributed by atoms with Gasteiger partial charge in [-0.15, -0.1) is 0 Å². The van der Waals surface area contributed by atoms with E-state index in [1.54, 1.807) is 29.2 Å². The molecule has 6 heteroatoms. The van der Waals surface area contributed by atoms with E-state index in [0.717, 1.165) is 12.8 Å². The molecule has 2 amide bonds. The molecule has 0 saturated carbocycles. The van der Waals surface area contributed by atoms with Gasteiger partial charge in [0, 0.05) is 6.54 Å². The highest BCUT2D eigenvalue weighted by Crippen LogP contribution is 2.31. The van der Waals surface area contributed by atoms with Crippen molar-refractivity contribution in [3.8, 4) is 0 Å². The lowest BCUT2D eigenvalue weighted by atomic mass is 10.0. The molecule has 22 heavy (non-hydrogen) atoms. The van der Waals surface area contributed by atoms with Gasteiger partial charge in [0.1, 0.15) is 12.6 Å². The van der Waals surface area contributed by atoms with Crippen LogP contribution in [0.3, 0.4) is 0 Å². The van der Waals surface area contributed by atoms with Crippen LogP contribution >= 0.6 is 0 Å². The predicted octanol–water partition coefficient (Wildman–Crippen LogP) is 1.20. The Morgan fingerprint density at radius 1 is 1.27 bits per heavy atom. The fourth-order valence-corrected chi connectivity index (χ4v) is 3.13. The molecular weight excluding hydrogens is 284 g/mol. The molecule has 0 radical (unpaired) electrons. The Kier molecular flexibility index (Phi) is 3.83. The first-order valence-corrected chi connectivity index (χ1v) is 7.41. The molecule has 2 heterocycles. The maximum absolute atomic E-state index is 12.9. The Morgan fingerprint density at radius 3 is 2.82 bits per heavy atom. The van der Waals surface area contributed by atoms with Crippen molar-refractivity contribution in [3.63, 3.8) is 0 Å². The number of benzene rings is 1. The lowest BCUT2D eigenvalue weighted by Crippen LogP contribution is -2.51. The number of para-hydroxylation sites is 1. The number of carbonyl (C=O) groups is 3. The number of nitrogens with zero attached hydrogens (tertiary/aromatic N) is 2. The van der Waals surface area contributed by atoms with E-state index >= 15 is 0 Å². The van der Waals surface area contributed by atoms with Crippen molar-refractivity contribution < 1.29 is 19.1 Å². The second-order valence-corrected chi connectivity index (χ2v) is 5.53. The van der Waals surface area contributed by atoms with Gasteiger partial charge in [0.15, 0.2) is 0 Å². The second kappa shape index (κ2) is 5.79. The van der Waals surface area contributed by atoms with Crippen LogP contribution in [-0.4, -0.2) is 48.9 Å². The van der Waals surface area contributed by atoms with Crippen LogP contribution in [-0.2, 0) is 14.3 Å². The third-order valence-electron chi connectivity index (χ3n) is 4.25. The first kappa shape index (κ1) is 14.6. The monoisotopic (exact) mass is 302 g/mol. The number of esters is 1. The normalized spacial score (nSPS) is 21.0. The number of anilines is 1. The van der Waals surface area contributed by atoms with Gasteiger partial charge in [0.2, 0.25) is 5.91 Å². The van der Waals surface area contributed by atoms with Crippen molar-refractivity contribution in [2.75, 3.05) is 25.1 Å². The number of fused-ring (bicyclic) bond motifs is 2. The molecule has 1 aromatic carbocycles. The number of carbonyl (C=O) groups excluding carboxylic acids is 3. The average molecular weight is 302 g/mol. The summed E-state index contributed by atoms with van der Waals surface area (Å²) < 4.78 is 4.69. The Bertz CT molecular complexity index is 628. The molecule has 2 aliphatic heterocycles. The van der Waals surface area contributed by atoms with Gasteiger partial charge < -0.3 is 9.64 Å². The Morgan fingerprint density at radius 2 is 2.05 bits per heavy atom. The smallest absolute Gasteiger partial charge is 0.325 e. The average Bonchev–Trinajstić information content (AvgIpc) is 2.65. The number of piperidine rings is 1. The fourth-order valence-electron chi connectivity index (χ4n) is 3.13. The zero-order valence-electron chi connectivity index (χ0n) is 12.4. The fraction of sp³-hybridized carbons (Fsp3) is 0.438. The standard InChI is InChI=1S/C16H18N2O4/c1-22-14(19)10-18-12-7-3-2-6-11(12)15(20)17-9-5-4-8-13(17)16(18)21/h2-3,6-7,13H,4-5,8-10H2,1H3/t13-/m1/s1. The molecule has 3 rings (SSSR count). The molecule has 0 bridgehead atoms. The maximum atomic E-state index is 12.9. The third kappa shape index (κ3) is 2.34. The molecule has 0 aromatic heterocycles. The summed E-state index contributed by atoms with van der Waals surface area (Å²) in [7, 11) is 1.29. The summed E-state index contributed by atoms with van der Waals surface area (Å²) in [5, 5.41) is 0. The molecule has 1 saturated heterocycles. The number of hydrogen-bond acceptors (Lipinski definition) is 4. The highest BCUT2D eigenvalue weighted by molar-refractivity contribution is 6.12.